The standard InChI is InChI=1S/C22H21F3N4O4S/c1-32-19-7-5-15(13-20(19)34(30,31)29-9-11-33-12-10-29)18-6-8-21(28-27-18)26-17-4-2-3-16(14-17)22(23,24)25/h2-8,13-14H,9-12H2,1H3,(H,26,28). The van der Waals surface area contributed by atoms with Gasteiger partial charge in [-0.2, -0.15) is 17.5 Å². The Bertz CT molecular complexity index is 1260. The van der Waals surface area contributed by atoms with E-state index in [4.69, 9.17) is 9.47 Å². The van der Waals surface area contributed by atoms with Gasteiger partial charge in [0.15, 0.2) is 5.82 Å². The first-order chi connectivity index (χ1) is 16.2. The number of methoxy groups -OCH3 is 1. The van der Waals surface area contributed by atoms with Gasteiger partial charge in [0.2, 0.25) is 10.0 Å². The van der Waals surface area contributed by atoms with Gasteiger partial charge in [-0.1, -0.05) is 6.07 Å². The van der Waals surface area contributed by atoms with Crippen molar-refractivity contribution in [1.29, 1.82) is 0 Å². The minimum Gasteiger partial charge on any atom is -0.495 e. The zero-order chi connectivity index (χ0) is 24.3. The fourth-order valence-electron chi connectivity index (χ4n) is 3.44. The van der Waals surface area contributed by atoms with Crippen LogP contribution in [0.1, 0.15) is 5.56 Å². The molecule has 1 aliphatic rings. The van der Waals surface area contributed by atoms with E-state index >= 15 is 0 Å². The second kappa shape index (κ2) is 9.57. The lowest BCUT2D eigenvalue weighted by atomic mass is 10.1. The first kappa shape index (κ1) is 23.9. The highest BCUT2D eigenvalue weighted by Gasteiger charge is 2.31. The van der Waals surface area contributed by atoms with Gasteiger partial charge >= 0.3 is 6.18 Å². The van der Waals surface area contributed by atoms with Crippen LogP contribution in [-0.4, -0.2) is 56.3 Å². The zero-order valence-corrected chi connectivity index (χ0v) is 18.9. The average molecular weight is 494 g/mol. The fourth-order valence-corrected chi connectivity index (χ4v) is 5.03. The Morgan fingerprint density at radius 3 is 2.44 bits per heavy atom. The van der Waals surface area contributed by atoms with Gasteiger partial charge in [-0.15, -0.1) is 10.2 Å². The molecule has 0 radical (unpaired) electrons. The summed E-state index contributed by atoms with van der Waals surface area (Å²) in [7, 11) is -2.43. The van der Waals surface area contributed by atoms with Crippen molar-refractivity contribution in [3.05, 3.63) is 60.2 Å². The number of benzene rings is 2. The van der Waals surface area contributed by atoms with Crippen LogP contribution in [0, 0.1) is 0 Å². The number of ether oxygens (including phenoxy) is 2. The van der Waals surface area contributed by atoms with Crippen molar-refractivity contribution < 1.29 is 31.1 Å². The third-order valence-electron chi connectivity index (χ3n) is 5.17. The van der Waals surface area contributed by atoms with Crippen LogP contribution in [0.5, 0.6) is 5.75 Å². The molecule has 1 fully saturated rings. The number of rotatable bonds is 6. The van der Waals surface area contributed by atoms with Crippen LogP contribution in [-0.2, 0) is 20.9 Å². The quantitative estimate of drug-likeness (QED) is 0.555. The minimum atomic E-state index is -4.46. The van der Waals surface area contributed by atoms with Gasteiger partial charge in [0.05, 0.1) is 31.6 Å². The summed E-state index contributed by atoms with van der Waals surface area (Å²) in [6, 6.07) is 12.5. The van der Waals surface area contributed by atoms with Gasteiger partial charge in [-0.05, 0) is 48.5 Å². The van der Waals surface area contributed by atoms with Crippen molar-refractivity contribution in [2.24, 2.45) is 0 Å². The molecule has 1 aromatic heterocycles. The molecule has 1 saturated heterocycles. The predicted molar refractivity (Wildman–Crippen MR) is 118 cm³/mol. The summed E-state index contributed by atoms with van der Waals surface area (Å²) in [6.45, 7) is 1.11. The molecule has 1 N–H and O–H groups in total. The van der Waals surface area contributed by atoms with E-state index in [1.54, 1.807) is 24.3 Å². The molecule has 2 aromatic carbocycles. The van der Waals surface area contributed by atoms with Crippen LogP contribution in [0.25, 0.3) is 11.3 Å². The largest absolute Gasteiger partial charge is 0.495 e. The van der Waals surface area contributed by atoms with E-state index in [1.807, 2.05) is 0 Å². The predicted octanol–water partition coefficient (Wildman–Crippen LogP) is 3.94. The van der Waals surface area contributed by atoms with Crippen molar-refractivity contribution in [2.75, 3.05) is 38.7 Å². The molecule has 34 heavy (non-hydrogen) atoms. The van der Waals surface area contributed by atoms with Crippen molar-refractivity contribution in [3.63, 3.8) is 0 Å². The van der Waals surface area contributed by atoms with E-state index in [1.165, 1.54) is 29.6 Å². The first-order valence-electron chi connectivity index (χ1n) is 10.2. The van der Waals surface area contributed by atoms with E-state index in [0.717, 1.165) is 12.1 Å². The third kappa shape index (κ3) is 5.13. The lowest BCUT2D eigenvalue weighted by molar-refractivity contribution is -0.137. The number of hydrogen-bond acceptors (Lipinski definition) is 7. The number of nitrogens with one attached hydrogen (secondary N) is 1. The maximum atomic E-state index is 13.2. The molecule has 8 nitrogen and oxygen atoms in total. The molecule has 0 amide bonds. The maximum Gasteiger partial charge on any atom is 0.416 e. The zero-order valence-electron chi connectivity index (χ0n) is 18.0. The Balaban J connectivity index is 1.59. The highest BCUT2D eigenvalue weighted by Crippen LogP contribution is 2.33. The number of halogens is 3. The number of aromatic nitrogens is 2. The Morgan fingerprint density at radius 2 is 1.79 bits per heavy atom. The van der Waals surface area contributed by atoms with Crippen molar-refractivity contribution in [1.82, 2.24) is 14.5 Å². The van der Waals surface area contributed by atoms with E-state index in [-0.39, 0.29) is 35.2 Å². The summed E-state index contributed by atoms with van der Waals surface area (Å²) in [5.74, 6) is 0.434. The second-order valence-electron chi connectivity index (χ2n) is 7.39. The molecule has 0 atom stereocenters. The van der Waals surface area contributed by atoms with Crippen LogP contribution in [0.4, 0.5) is 24.7 Å². The van der Waals surface area contributed by atoms with Crippen LogP contribution in [0.3, 0.4) is 0 Å². The van der Waals surface area contributed by atoms with E-state index in [0.29, 0.717) is 24.5 Å². The molecule has 2 heterocycles. The van der Waals surface area contributed by atoms with Crippen LogP contribution in [0.15, 0.2) is 59.5 Å². The summed E-state index contributed by atoms with van der Waals surface area (Å²) in [6.07, 6.45) is -4.46. The summed E-state index contributed by atoms with van der Waals surface area (Å²) < 4.78 is 76.9. The molecule has 0 unspecified atom stereocenters. The molecule has 3 aromatic rings. The minimum absolute atomic E-state index is 0.00219. The van der Waals surface area contributed by atoms with Crippen LogP contribution >= 0.6 is 0 Å². The van der Waals surface area contributed by atoms with Crippen molar-refractivity contribution >= 4 is 21.5 Å². The van der Waals surface area contributed by atoms with Crippen molar-refractivity contribution in [2.45, 2.75) is 11.1 Å². The van der Waals surface area contributed by atoms with Gasteiger partial charge in [0.25, 0.3) is 0 Å². The molecule has 4 rings (SSSR count). The Morgan fingerprint density at radius 1 is 1.03 bits per heavy atom. The molecule has 0 bridgehead atoms. The number of nitrogens with zero attached hydrogens (tertiary/aromatic N) is 3. The highest BCUT2D eigenvalue weighted by molar-refractivity contribution is 7.89. The average Bonchev–Trinajstić information content (AvgIpc) is 2.84. The normalized spacial score (nSPS) is 15.2. The van der Waals surface area contributed by atoms with E-state index in [9.17, 15) is 21.6 Å². The van der Waals surface area contributed by atoms with Gasteiger partial charge in [-0.3, -0.25) is 0 Å². The van der Waals surface area contributed by atoms with Gasteiger partial charge in [0.1, 0.15) is 10.6 Å². The molecule has 12 heteroatoms. The summed E-state index contributed by atoms with van der Waals surface area (Å²) in [5.41, 5.74) is 0.302. The Kier molecular flexibility index (Phi) is 6.73. The monoisotopic (exact) mass is 494 g/mol. The summed E-state index contributed by atoms with van der Waals surface area (Å²) in [5, 5.41) is 10.9. The van der Waals surface area contributed by atoms with Gasteiger partial charge in [0, 0.05) is 24.3 Å². The van der Waals surface area contributed by atoms with Crippen molar-refractivity contribution in [3.8, 4) is 17.0 Å². The molecular formula is C22H21F3N4O4S. The number of hydrogen-bond donors (Lipinski definition) is 1. The molecule has 0 aliphatic carbocycles. The third-order valence-corrected chi connectivity index (χ3v) is 7.09. The topological polar surface area (TPSA) is 93.7 Å². The molecular weight excluding hydrogens is 473 g/mol. The van der Waals surface area contributed by atoms with E-state index < -0.39 is 21.8 Å². The number of morpholine rings is 1. The molecule has 0 saturated carbocycles. The van der Waals surface area contributed by atoms with Crippen LogP contribution < -0.4 is 10.1 Å². The smallest absolute Gasteiger partial charge is 0.416 e. The highest BCUT2D eigenvalue weighted by atomic mass is 32.2. The lowest BCUT2D eigenvalue weighted by Crippen LogP contribution is -2.40. The van der Waals surface area contributed by atoms with Gasteiger partial charge < -0.3 is 14.8 Å². The van der Waals surface area contributed by atoms with Gasteiger partial charge in [-0.25, -0.2) is 8.42 Å². The molecule has 180 valence electrons. The lowest BCUT2D eigenvalue weighted by Gasteiger charge is -2.26. The summed E-state index contributed by atoms with van der Waals surface area (Å²) in [4.78, 5) is 0.00219. The van der Waals surface area contributed by atoms with Crippen LogP contribution in [0.2, 0.25) is 0 Å². The molecule has 0 spiro atoms. The fraction of sp³-hybridized carbons (Fsp3) is 0.273. The Labute approximate surface area is 194 Å². The second-order valence-corrected chi connectivity index (χ2v) is 9.30. The Hall–Kier alpha value is -3.22. The maximum absolute atomic E-state index is 13.2. The number of anilines is 2. The molecule has 1 aliphatic heterocycles. The SMILES string of the molecule is COc1ccc(-c2ccc(Nc3cccc(C(F)(F)F)c3)nn2)cc1S(=O)(=O)N1CCOCC1. The summed E-state index contributed by atoms with van der Waals surface area (Å²) >= 11 is 0. The van der Waals surface area contributed by atoms with E-state index in [2.05, 4.69) is 15.5 Å². The first-order valence-corrected chi connectivity index (χ1v) is 11.7. The number of sulfonamides is 1. The number of alkyl halides is 3.